The van der Waals surface area contributed by atoms with Gasteiger partial charge in [-0.2, -0.15) is 20.5 Å². The van der Waals surface area contributed by atoms with Gasteiger partial charge in [0.15, 0.2) is 11.6 Å². The van der Waals surface area contributed by atoms with Crippen molar-refractivity contribution in [3.8, 4) is 11.5 Å². The molecule has 0 saturated heterocycles. The van der Waals surface area contributed by atoms with Gasteiger partial charge in [-0.3, -0.25) is 28.8 Å². The minimum atomic E-state index is -1.64. The van der Waals surface area contributed by atoms with Crippen LogP contribution in [0.3, 0.4) is 0 Å². The number of azo groups is 2. The monoisotopic (exact) mass is 1060 g/mol. The van der Waals surface area contributed by atoms with Gasteiger partial charge in [0.2, 0.25) is 12.1 Å². The maximum absolute atomic E-state index is 13.6. The van der Waals surface area contributed by atoms with Crippen LogP contribution >= 0.6 is 58.0 Å². The number of amides is 4. The molecule has 0 spiro atoms. The molecule has 5 rings (SSSR count). The fraction of sp³-hybridized carbons (Fsp3) is 0.280. The third kappa shape index (κ3) is 14.4. The van der Waals surface area contributed by atoms with Crippen molar-refractivity contribution in [3.05, 3.63) is 129 Å². The lowest BCUT2D eigenvalue weighted by atomic mass is 10.1. The van der Waals surface area contributed by atoms with E-state index in [1.54, 1.807) is 50.2 Å². The first-order chi connectivity index (χ1) is 33.9. The molecule has 5 aromatic carbocycles. The van der Waals surface area contributed by atoms with Crippen molar-refractivity contribution in [1.82, 2.24) is 0 Å². The molecule has 0 aliphatic rings. The van der Waals surface area contributed by atoms with Crippen LogP contribution in [0.15, 0.2) is 111 Å². The topological polar surface area (TPSA) is 218 Å². The number of nitrogens with one attached hydrogen (secondary N) is 4. The van der Waals surface area contributed by atoms with E-state index in [1.807, 2.05) is 13.8 Å². The van der Waals surface area contributed by atoms with Crippen LogP contribution in [0.5, 0.6) is 11.5 Å². The Hall–Kier alpha value is -6.43. The highest BCUT2D eigenvalue weighted by Crippen LogP contribution is 2.39. The zero-order chi connectivity index (χ0) is 51.9. The normalized spacial score (nSPS) is 12.9. The van der Waals surface area contributed by atoms with E-state index in [2.05, 4.69) is 41.7 Å². The zero-order valence-corrected chi connectivity index (χ0v) is 43.0. The highest BCUT2D eigenvalue weighted by atomic mass is 35.5. The first kappa shape index (κ1) is 55.5. The predicted octanol–water partition coefficient (Wildman–Crippen LogP) is 13.0. The molecule has 0 aliphatic carbocycles. The highest BCUT2D eigenvalue weighted by Gasteiger charge is 2.27. The van der Waals surface area contributed by atoms with Crippen LogP contribution in [0.2, 0.25) is 10.0 Å². The van der Waals surface area contributed by atoms with Crippen LogP contribution < -0.4 is 30.7 Å². The Morgan fingerprint density at radius 3 is 1.42 bits per heavy atom. The Morgan fingerprint density at radius 2 is 1.01 bits per heavy atom. The Kier molecular flexibility index (Phi) is 20.4. The molecule has 4 unspecified atom stereocenters. The summed E-state index contributed by atoms with van der Waals surface area (Å²) in [7, 11) is 0. The number of ether oxygens (including phenoxy) is 2. The second-order valence-electron chi connectivity index (χ2n) is 15.5. The number of hydrogen-bond donors (Lipinski definition) is 4. The number of carbonyl (C=O) groups is 6. The van der Waals surface area contributed by atoms with Gasteiger partial charge in [-0.15, -0.1) is 34.8 Å². The van der Waals surface area contributed by atoms with Crippen LogP contribution in [-0.4, -0.2) is 66.4 Å². The second kappa shape index (κ2) is 26.1. The maximum atomic E-state index is 13.6. The minimum Gasteiger partial charge on any atom is -0.493 e. The molecular weight excluding hydrogens is 1020 g/mol. The average Bonchev–Trinajstić information content (AvgIpc) is 3.31. The Labute approximate surface area is 435 Å². The Bertz CT molecular complexity index is 2880. The van der Waals surface area contributed by atoms with Crippen molar-refractivity contribution >= 4 is 127 Å². The molecule has 372 valence electrons. The molecule has 4 amide bonds. The summed E-state index contributed by atoms with van der Waals surface area (Å²) in [6, 6.07) is 20.3. The highest BCUT2D eigenvalue weighted by molar-refractivity contribution is 6.37. The quantitative estimate of drug-likeness (QED) is 0.0296. The number of anilines is 4. The first-order valence-electron chi connectivity index (χ1n) is 22.0. The number of hydrogen-bond acceptors (Lipinski definition) is 12. The van der Waals surface area contributed by atoms with E-state index < -0.39 is 58.0 Å². The zero-order valence-electron chi connectivity index (χ0n) is 39.2. The van der Waals surface area contributed by atoms with Crippen molar-refractivity contribution in [2.45, 2.75) is 70.8 Å². The van der Waals surface area contributed by atoms with E-state index in [1.165, 1.54) is 54.6 Å². The Morgan fingerprint density at radius 1 is 0.577 bits per heavy atom. The lowest BCUT2D eigenvalue weighted by Gasteiger charge is -2.17. The molecule has 71 heavy (non-hydrogen) atoms. The van der Waals surface area contributed by atoms with Gasteiger partial charge in [0.1, 0.15) is 22.9 Å². The molecule has 0 bridgehead atoms. The number of rotatable bonds is 22. The number of ketones is 2. The summed E-state index contributed by atoms with van der Waals surface area (Å²) in [6.07, 6.45) is 0.196. The summed E-state index contributed by atoms with van der Waals surface area (Å²) in [5, 5.41) is 25.9. The summed E-state index contributed by atoms with van der Waals surface area (Å²) in [5.74, 6) is -3.05. The van der Waals surface area contributed by atoms with Crippen molar-refractivity contribution in [2.24, 2.45) is 20.5 Å². The molecule has 4 atom stereocenters. The van der Waals surface area contributed by atoms with Crippen molar-refractivity contribution < 1.29 is 38.2 Å². The number of Topliss-reactive ketones (excluding diaryl/α,β-unsaturated/α-hetero) is 2. The van der Waals surface area contributed by atoms with Gasteiger partial charge >= 0.3 is 0 Å². The number of aryl methyl sites for hydroxylation is 1. The minimum absolute atomic E-state index is 0.00904. The first-order valence-corrected chi connectivity index (χ1v) is 24.2. The third-order valence-electron chi connectivity index (χ3n) is 10.3. The van der Waals surface area contributed by atoms with E-state index in [0.717, 1.165) is 13.8 Å². The van der Waals surface area contributed by atoms with Crippen LogP contribution in [-0.2, 0) is 25.6 Å². The fourth-order valence-corrected chi connectivity index (χ4v) is 8.16. The largest absolute Gasteiger partial charge is 0.493 e. The number of benzene rings is 5. The molecular formula is C50H49Cl5N8O8. The molecule has 0 aliphatic heterocycles. The van der Waals surface area contributed by atoms with Gasteiger partial charge in [-0.1, -0.05) is 47.5 Å². The lowest BCUT2D eigenvalue weighted by molar-refractivity contribution is -0.127. The maximum Gasteiger partial charge on any atom is 0.258 e. The fourth-order valence-electron chi connectivity index (χ4n) is 7.00. The summed E-state index contributed by atoms with van der Waals surface area (Å²) >= 11 is 32.3. The third-order valence-corrected chi connectivity index (χ3v) is 11.7. The summed E-state index contributed by atoms with van der Waals surface area (Å²) in [5.41, 5.74) is 2.97. The molecule has 5 aromatic rings. The van der Waals surface area contributed by atoms with Gasteiger partial charge in [0.05, 0.1) is 45.1 Å². The molecule has 0 saturated carbocycles. The van der Waals surface area contributed by atoms with Gasteiger partial charge in [0, 0.05) is 39.8 Å². The van der Waals surface area contributed by atoms with Crippen LogP contribution in [0, 0.1) is 0 Å². The molecule has 16 nitrogen and oxygen atoms in total. The molecule has 4 N–H and O–H groups in total. The summed E-state index contributed by atoms with van der Waals surface area (Å²) in [6.45, 7) is 10.2. The molecule has 0 radical (unpaired) electrons. The number of halogens is 5. The van der Waals surface area contributed by atoms with Gasteiger partial charge in [-0.25, -0.2) is 0 Å². The molecule has 0 aromatic heterocycles. The number of carbonyl (C=O) groups excluding carboxylic acids is 6. The Balaban J connectivity index is 1.29. The predicted molar refractivity (Wildman–Crippen MR) is 279 cm³/mol. The molecule has 21 heteroatoms. The van der Waals surface area contributed by atoms with E-state index >= 15 is 0 Å². The van der Waals surface area contributed by atoms with Crippen LogP contribution in [0.25, 0.3) is 0 Å². The van der Waals surface area contributed by atoms with Gasteiger partial charge < -0.3 is 30.7 Å². The van der Waals surface area contributed by atoms with Crippen LogP contribution in [0.1, 0.15) is 89.7 Å². The van der Waals surface area contributed by atoms with E-state index in [-0.39, 0.29) is 56.2 Å². The van der Waals surface area contributed by atoms with E-state index in [4.69, 9.17) is 67.5 Å². The van der Waals surface area contributed by atoms with E-state index in [9.17, 15) is 28.8 Å². The summed E-state index contributed by atoms with van der Waals surface area (Å²) < 4.78 is 11.4. The van der Waals surface area contributed by atoms with E-state index in [0.29, 0.717) is 52.8 Å². The summed E-state index contributed by atoms with van der Waals surface area (Å²) in [4.78, 5) is 79.6. The van der Waals surface area contributed by atoms with Gasteiger partial charge in [-0.05, 0) is 120 Å². The molecule has 0 heterocycles. The van der Waals surface area contributed by atoms with Crippen LogP contribution in [0.4, 0.5) is 34.1 Å². The lowest BCUT2D eigenvalue weighted by Crippen LogP contribution is -2.32. The van der Waals surface area contributed by atoms with Crippen molar-refractivity contribution in [1.29, 1.82) is 0 Å². The molecule has 0 fully saturated rings. The average molecular weight is 1070 g/mol. The standard InChI is InChI=1S/C50H49Cl5N8O8/c1-7-70-39-19-11-15-35(41(39)26(3)52)58-47(66)32-13-9-17-37(43(32)54)60-62-45(28(5)64)49(68)56-31-21-22-34(30(25-31)23-24-51)57-50(69)46(29(6)65)63-61-38-18-10-14-33(44(38)55)48(67)59-36-16-12-20-40(71-8-2)42(36)27(4)53/h9-22,25-27,45-46H,7-8,23-24H2,1-6H3,(H,56,68)(H,57,69)(H,58,66)(H,59,67). The number of nitrogens with zero attached hydrogens (tertiary/aromatic N) is 4. The van der Waals surface area contributed by atoms with Crippen molar-refractivity contribution in [2.75, 3.05) is 40.4 Å². The van der Waals surface area contributed by atoms with Gasteiger partial charge in [0.25, 0.3) is 23.6 Å². The number of alkyl halides is 3. The second-order valence-corrected chi connectivity index (χ2v) is 17.9. The van der Waals surface area contributed by atoms with Crippen molar-refractivity contribution in [3.63, 3.8) is 0 Å². The SMILES string of the molecule is CCOc1cccc(NC(=O)c2cccc(N=NC(C(C)=O)C(=O)Nc3ccc(NC(=O)C(N=Nc4cccc(C(=O)Nc5cccc(OCC)c5C(C)Cl)c4Cl)C(C)=O)c(CCCl)c3)c2Cl)c1C(C)Cl. The smallest absolute Gasteiger partial charge is 0.258 e.